The van der Waals surface area contributed by atoms with Crippen LogP contribution in [0.5, 0.6) is 0 Å². The highest BCUT2D eigenvalue weighted by Gasteiger charge is 2.32. The van der Waals surface area contributed by atoms with Gasteiger partial charge in [0.15, 0.2) is 0 Å². The summed E-state index contributed by atoms with van der Waals surface area (Å²) in [4.78, 5) is 4.12. The normalized spacial score (nSPS) is 20.3. The number of thioether (sulfide) groups is 1. The highest BCUT2D eigenvalue weighted by molar-refractivity contribution is 9.09. The van der Waals surface area contributed by atoms with Crippen molar-refractivity contribution in [2.24, 2.45) is 5.41 Å². The SMILES string of the molecule is BrCC1(CSc2ncco2)CCOCC1. The number of alkyl halides is 1. The van der Waals surface area contributed by atoms with Crippen molar-refractivity contribution in [1.29, 1.82) is 0 Å². The predicted octanol–water partition coefficient (Wildman–Crippen LogP) is 2.96. The molecule has 1 fully saturated rings. The highest BCUT2D eigenvalue weighted by Crippen LogP contribution is 2.37. The molecule has 0 aromatic carbocycles. The molecule has 0 amide bonds. The first-order valence-corrected chi connectivity index (χ1v) is 7.11. The maximum absolute atomic E-state index is 5.39. The minimum absolute atomic E-state index is 0.345. The summed E-state index contributed by atoms with van der Waals surface area (Å²) in [5.41, 5.74) is 0.345. The van der Waals surface area contributed by atoms with E-state index in [0.717, 1.165) is 42.4 Å². The van der Waals surface area contributed by atoms with Crippen molar-refractivity contribution in [1.82, 2.24) is 4.98 Å². The monoisotopic (exact) mass is 291 g/mol. The summed E-state index contributed by atoms with van der Waals surface area (Å²) in [6.45, 7) is 1.75. The Morgan fingerprint density at radius 1 is 1.47 bits per heavy atom. The van der Waals surface area contributed by atoms with Crippen LogP contribution in [0.1, 0.15) is 12.8 Å². The van der Waals surface area contributed by atoms with Gasteiger partial charge in [-0.2, -0.15) is 0 Å². The zero-order valence-electron chi connectivity index (χ0n) is 8.45. The highest BCUT2D eigenvalue weighted by atomic mass is 79.9. The fraction of sp³-hybridized carbons (Fsp3) is 0.700. The van der Waals surface area contributed by atoms with Crippen LogP contribution in [0.25, 0.3) is 0 Å². The zero-order chi connectivity index (χ0) is 10.6. The molecule has 84 valence electrons. The van der Waals surface area contributed by atoms with Crippen molar-refractivity contribution in [3.05, 3.63) is 12.5 Å². The van der Waals surface area contributed by atoms with Crippen LogP contribution >= 0.6 is 27.7 Å². The number of aromatic nitrogens is 1. The fourth-order valence-electron chi connectivity index (χ4n) is 1.62. The van der Waals surface area contributed by atoms with Crippen molar-refractivity contribution in [2.45, 2.75) is 18.1 Å². The van der Waals surface area contributed by atoms with E-state index in [1.165, 1.54) is 0 Å². The van der Waals surface area contributed by atoms with Gasteiger partial charge in [0.05, 0.1) is 6.20 Å². The van der Waals surface area contributed by atoms with Crippen LogP contribution in [0.4, 0.5) is 0 Å². The third kappa shape index (κ3) is 2.98. The lowest BCUT2D eigenvalue weighted by molar-refractivity contribution is 0.0374. The number of oxazole rings is 1. The summed E-state index contributed by atoms with van der Waals surface area (Å²) in [5.74, 6) is 1.04. The average Bonchev–Trinajstić information content (AvgIpc) is 2.81. The minimum atomic E-state index is 0.345. The summed E-state index contributed by atoms with van der Waals surface area (Å²) in [6, 6.07) is 0. The Hall–Kier alpha value is -0.0000000000000000763. The maximum atomic E-state index is 5.39. The third-order valence-corrected chi connectivity index (χ3v) is 5.14. The van der Waals surface area contributed by atoms with Gasteiger partial charge in [-0.1, -0.05) is 27.7 Å². The van der Waals surface area contributed by atoms with Crippen molar-refractivity contribution in [3.63, 3.8) is 0 Å². The minimum Gasteiger partial charge on any atom is -0.440 e. The number of rotatable bonds is 4. The molecule has 1 saturated heterocycles. The Morgan fingerprint density at radius 3 is 2.87 bits per heavy atom. The lowest BCUT2D eigenvalue weighted by Crippen LogP contribution is -2.33. The molecule has 0 atom stereocenters. The Bertz CT molecular complexity index is 286. The van der Waals surface area contributed by atoms with E-state index < -0.39 is 0 Å². The molecule has 0 bridgehead atoms. The third-order valence-electron chi connectivity index (χ3n) is 2.75. The van der Waals surface area contributed by atoms with Gasteiger partial charge < -0.3 is 9.15 Å². The number of nitrogens with zero attached hydrogens (tertiary/aromatic N) is 1. The number of hydrogen-bond acceptors (Lipinski definition) is 4. The zero-order valence-corrected chi connectivity index (χ0v) is 10.8. The van der Waals surface area contributed by atoms with E-state index in [2.05, 4.69) is 20.9 Å². The van der Waals surface area contributed by atoms with Crippen LogP contribution in [0.2, 0.25) is 0 Å². The van der Waals surface area contributed by atoms with Crippen molar-refractivity contribution < 1.29 is 9.15 Å². The van der Waals surface area contributed by atoms with E-state index in [4.69, 9.17) is 9.15 Å². The first kappa shape index (κ1) is 11.5. The first-order valence-electron chi connectivity index (χ1n) is 5.01. The Morgan fingerprint density at radius 2 is 2.27 bits per heavy atom. The van der Waals surface area contributed by atoms with Gasteiger partial charge in [0.1, 0.15) is 6.26 Å². The molecular formula is C10H14BrNO2S. The topological polar surface area (TPSA) is 35.3 Å². The molecule has 0 aliphatic carbocycles. The van der Waals surface area contributed by atoms with Crippen molar-refractivity contribution >= 4 is 27.7 Å². The molecule has 1 aromatic rings. The Kier molecular flexibility index (Phi) is 4.11. The van der Waals surface area contributed by atoms with Crippen LogP contribution in [-0.4, -0.2) is 29.3 Å². The molecule has 0 unspecified atom stereocenters. The molecule has 2 heterocycles. The molecule has 0 spiro atoms. The molecule has 5 heteroatoms. The molecule has 15 heavy (non-hydrogen) atoms. The molecule has 1 aliphatic rings. The average molecular weight is 292 g/mol. The predicted molar refractivity (Wildman–Crippen MR) is 63.5 cm³/mol. The van der Waals surface area contributed by atoms with Gasteiger partial charge in [0.25, 0.3) is 5.22 Å². The molecule has 0 N–H and O–H groups in total. The van der Waals surface area contributed by atoms with Crippen LogP contribution < -0.4 is 0 Å². The summed E-state index contributed by atoms with van der Waals surface area (Å²) in [6.07, 6.45) is 5.54. The van der Waals surface area contributed by atoms with Crippen LogP contribution in [0.3, 0.4) is 0 Å². The molecule has 2 rings (SSSR count). The second-order valence-electron chi connectivity index (χ2n) is 3.83. The van der Waals surface area contributed by atoms with Gasteiger partial charge in [0, 0.05) is 24.3 Å². The standard InChI is InChI=1S/C10H14BrNO2S/c11-7-10(1-4-13-5-2-10)8-15-9-12-3-6-14-9/h3,6H,1-2,4-5,7-8H2. The summed E-state index contributed by atoms with van der Waals surface area (Å²) < 4.78 is 10.6. The largest absolute Gasteiger partial charge is 0.440 e. The van der Waals surface area contributed by atoms with E-state index in [-0.39, 0.29) is 0 Å². The molecule has 3 nitrogen and oxygen atoms in total. The molecule has 1 aromatic heterocycles. The van der Waals surface area contributed by atoms with Crippen molar-refractivity contribution in [3.8, 4) is 0 Å². The quantitative estimate of drug-likeness (QED) is 0.631. The molecular weight excluding hydrogens is 278 g/mol. The van der Waals surface area contributed by atoms with Crippen molar-refractivity contribution in [2.75, 3.05) is 24.3 Å². The van der Waals surface area contributed by atoms with E-state index in [1.54, 1.807) is 24.2 Å². The van der Waals surface area contributed by atoms with Crippen LogP contribution in [0.15, 0.2) is 22.1 Å². The van der Waals surface area contributed by atoms with Gasteiger partial charge in [-0.3, -0.25) is 0 Å². The summed E-state index contributed by atoms with van der Waals surface area (Å²) in [7, 11) is 0. The molecule has 1 aliphatic heterocycles. The fourth-order valence-corrected chi connectivity index (χ4v) is 3.72. The van der Waals surface area contributed by atoms with Crippen LogP contribution in [0, 0.1) is 5.41 Å². The lowest BCUT2D eigenvalue weighted by Gasteiger charge is -2.34. The smallest absolute Gasteiger partial charge is 0.255 e. The van der Waals surface area contributed by atoms with Gasteiger partial charge in [-0.05, 0) is 18.3 Å². The summed E-state index contributed by atoms with van der Waals surface area (Å²) >= 11 is 5.31. The molecule has 0 saturated carbocycles. The van der Waals surface area contributed by atoms with Gasteiger partial charge >= 0.3 is 0 Å². The Balaban J connectivity index is 1.89. The van der Waals surface area contributed by atoms with E-state index in [0.29, 0.717) is 5.41 Å². The number of hydrogen-bond donors (Lipinski definition) is 0. The van der Waals surface area contributed by atoms with Gasteiger partial charge in [-0.25, -0.2) is 4.98 Å². The summed E-state index contributed by atoms with van der Waals surface area (Å²) in [5, 5.41) is 1.79. The number of halogens is 1. The van der Waals surface area contributed by atoms with Gasteiger partial charge in [-0.15, -0.1) is 0 Å². The van der Waals surface area contributed by atoms with E-state index >= 15 is 0 Å². The van der Waals surface area contributed by atoms with Gasteiger partial charge in [0.2, 0.25) is 0 Å². The van der Waals surface area contributed by atoms with Crippen LogP contribution in [-0.2, 0) is 4.74 Å². The van der Waals surface area contributed by atoms with E-state index in [1.807, 2.05) is 0 Å². The second kappa shape index (κ2) is 5.37. The second-order valence-corrected chi connectivity index (χ2v) is 5.32. The van der Waals surface area contributed by atoms with E-state index in [9.17, 15) is 0 Å². The lowest BCUT2D eigenvalue weighted by atomic mass is 9.85. The first-order chi connectivity index (χ1) is 7.35. The number of ether oxygens (including phenoxy) is 1. The maximum Gasteiger partial charge on any atom is 0.255 e. The molecule has 0 radical (unpaired) electrons. The Labute approximate surface area is 102 Å².